The summed E-state index contributed by atoms with van der Waals surface area (Å²) in [5, 5.41) is 6.31. The van der Waals surface area contributed by atoms with Crippen molar-refractivity contribution in [1.29, 1.82) is 0 Å². The summed E-state index contributed by atoms with van der Waals surface area (Å²) in [6.45, 7) is 1.99. The largest absolute Gasteiger partial charge is 0.326 e. The third kappa shape index (κ3) is 2.88. The molecule has 1 aromatic heterocycles. The van der Waals surface area contributed by atoms with Gasteiger partial charge in [-0.15, -0.1) is 11.3 Å². The first-order valence-corrected chi connectivity index (χ1v) is 8.64. The summed E-state index contributed by atoms with van der Waals surface area (Å²) in [5.41, 5.74) is 2.83. The van der Waals surface area contributed by atoms with E-state index in [1.165, 1.54) is 0 Å². The van der Waals surface area contributed by atoms with Gasteiger partial charge in [0.1, 0.15) is 0 Å². The minimum atomic E-state index is -0.00746. The van der Waals surface area contributed by atoms with Crippen LogP contribution in [0.3, 0.4) is 0 Å². The molecule has 0 aliphatic rings. The number of aromatic nitrogens is 1. The van der Waals surface area contributed by atoms with E-state index in [9.17, 15) is 4.79 Å². The fourth-order valence-electron chi connectivity index (χ4n) is 2.94. The van der Waals surface area contributed by atoms with Crippen LogP contribution in [-0.2, 0) is 11.2 Å². The lowest BCUT2D eigenvalue weighted by molar-refractivity contribution is -0.115. The Balaban J connectivity index is 1.56. The van der Waals surface area contributed by atoms with Crippen molar-refractivity contribution in [2.45, 2.75) is 13.3 Å². The molecule has 3 nitrogen and oxygen atoms in total. The Kier molecular flexibility index (Phi) is 3.75. The zero-order valence-electron chi connectivity index (χ0n) is 13.2. The van der Waals surface area contributed by atoms with Gasteiger partial charge in [0.25, 0.3) is 0 Å². The molecule has 0 aliphatic carbocycles. The SMILES string of the molecule is Cc1nc2ccc(NC(=O)Cc3cccc4ccccc34)cc2s1. The van der Waals surface area contributed by atoms with Gasteiger partial charge in [0.2, 0.25) is 5.91 Å². The van der Waals surface area contributed by atoms with Crippen LogP contribution in [0.1, 0.15) is 10.6 Å². The number of hydrogen-bond acceptors (Lipinski definition) is 3. The number of nitrogens with zero attached hydrogens (tertiary/aromatic N) is 1. The van der Waals surface area contributed by atoms with Crippen molar-refractivity contribution in [2.24, 2.45) is 0 Å². The molecule has 4 rings (SSSR count). The second-order valence-electron chi connectivity index (χ2n) is 5.78. The zero-order chi connectivity index (χ0) is 16.5. The number of aryl methyl sites for hydroxylation is 1. The molecule has 3 aromatic carbocycles. The summed E-state index contributed by atoms with van der Waals surface area (Å²) < 4.78 is 1.09. The first-order chi connectivity index (χ1) is 11.7. The molecule has 24 heavy (non-hydrogen) atoms. The van der Waals surface area contributed by atoms with Crippen LogP contribution in [0.2, 0.25) is 0 Å². The lowest BCUT2D eigenvalue weighted by Crippen LogP contribution is -2.14. The number of hydrogen-bond donors (Lipinski definition) is 1. The molecular formula is C20H16N2OS. The van der Waals surface area contributed by atoms with Gasteiger partial charge in [-0.25, -0.2) is 4.98 Å². The van der Waals surface area contributed by atoms with Crippen molar-refractivity contribution in [3.8, 4) is 0 Å². The Morgan fingerprint density at radius 3 is 2.83 bits per heavy atom. The second kappa shape index (κ2) is 6.06. The van der Waals surface area contributed by atoms with Crippen LogP contribution < -0.4 is 5.32 Å². The highest BCUT2D eigenvalue weighted by atomic mass is 32.1. The van der Waals surface area contributed by atoms with Gasteiger partial charge in [-0.05, 0) is 41.5 Å². The Hall–Kier alpha value is -2.72. The van der Waals surface area contributed by atoms with Gasteiger partial charge >= 0.3 is 0 Å². The van der Waals surface area contributed by atoms with E-state index in [0.29, 0.717) is 6.42 Å². The van der Waals surface area contributed by atoms with Crippen molar-refractivity contribution >= 4 is 43.9 Å². The maximum atomic E-state index is 12.4. The summed E-state index contributed by atoms with van der Waals surface area (Å²) in [6, 6.07) is 20.1. The molecule has 0 fully saturated rings. The molecule has 0 bridgehead atoms. The average molecular weight is 332 g/mol. The van der Waals surface area contributed by atoms with Gasteiger partial charge in [0, 0.05) is 5.69 Å². The van der Waals surface area contributed by atoms with E-state index in [0.717, 1.165) is 37.2 Å². The quantitative estimate of drug-likeness (QED) is 0.577. The predicted molar refractivity (Wildman–Crippen MR) is 101 cm³/mol. The molecule has 118 valence electrons. The smallest absolute Gasteiger partial charge is 0.228 e. The molecule has 0 radical (unpaired) electrons. The number of nitrogens with one attached hydrogen (secondary N) is 1. The highest BCUT2D eigenvalue weighted by Crippen LogP contribution is 2.25. The van der Waals surface area contributed by atoms with E-state index in [1.54, 1.807) is 11.3 Å². The third-order valence-corrected chi connectivity index (χ3v) is 4.94. The molecule has 0 atom stereocenters. The van der Waals surface area contributed by atoms with Crippen LogP contribution in [0, 0.1) is 6.92 Å². The van der Waals surface area contributed by atoms with E-state index < -0.39 is 0 Å². The fraction of sp³-hybridized carbons (Fsp3) is 0.100. The van der Waals surface area contributed by atoms with Crippen LogP contribution in [-0.4, -0.2) is 10.9 Å². The zero-order valence-corrected chi connectivity index (χ0v) is 14.1. The summed E-state index contributed by atoms with van der Waals surface area (Å²) >= 11 is 1.64. The molecule has 0 spiro atoms. The van der Waals surface area contributed by atoms with Gasteiger partial charge in [-0.3, -0.25) is 4.79 Å². The number of fused-ring (bicyclic) bond motifs is 2. The summed E-state index contributed by atoms with van der Waals surface area (Å²) in [4.78, 5) is 16.9. The minimum absolute atomic E-state index is 0.00746. The van der Waals surface area contributed by atoms with Gasteiger partial charge in [-0.2, -0.15) is 0 Å². The van der Waals surface area contributed by atoms with Crippen molar-refractivity contribution in [3.05, 3.63) is 71.2 Å². The Morgan fingerprint density at radius 2 is 1.92 bits per heavy atom. The molecule has 1 amide bonds. The molecule has 0 saturated heterocycles. The number of rotatable bonds is 3. The van der Waals surface area contributed by atoms with Crippen LogP contribution in [0.25, 0.3) is 21.0 Å². The second-order valence-corrected chi connectivity index (χ2v) is 7.01. The molecule has 1 N–H and O–H groups in total. The molecule has 4 heteroatoms. The van der Waals surface area contributed by atoms with Gasteiger partial charge in [0.15, 0.2) is 0 Å². The van der Waals surface area contributed by atoms with E-state index in [4.69, 9.17) is 0 Å². The monoisotopic (exact) mass is 332 g/mol. The van der Waals surface area contributed by atoms with Crippen molar-refractivity contribution in [1.82, 2.24) is 4.98 Å². The van der Waals surface area contributed by atoms with Crippen molar-refractivity contribution < 1.29 is 4.79 Å². The van der Waals surface area contributed by atoms with Crippen molar-refractivity contribution in [3.63, 3.8) is 0 Å². The maximum absolute atomic E-state index is 12.4. The number of carbonyl (C=O) groups excluding carboxylic acids is 1. The number of amides is 1. The van der Waals surface area contributed by atoms with Gasteiger partial charge in [0.05, 0.1) is 21.6 Å². The van der Waals surface area contributed by atoms with Gasteiger partial charge < -0.3 is 5.32 Å². The lowest BCUT2D eigenvalue weighted by Gasteiger charge is -2.08. The van der Waals surface area contributed by atoms with Crippen LogP contribution in [0.4, 0.5) is 5.69 Å². The summed E-state index contributed by atoms with van der Waals surface area (Å²) in [7, 11) is 0. The van der Waals surface area contributed by atoms with Crippen LogP contribution >= 0.6 is 11.3 Å². The summed E-state index contributed by atoms with van der Waals surface area (Å²) in [6.07, 6.45) is 0.362. The van der Waals surface area contributed by atoms with E-state index in [-0.39, 0.29) is 5.91 Å². The molecule has 0 unspecified atom stereocenters. The number of benzene rings is 3. The lowest BCUT2D eigenvalue weighted by atomic mass is 10.0. The normalized spacial score (nSPS) is 11.0. The number of carbonyl (C=O) groups is 1. The standard InChI is InChI=1S/C20H16N2OS/c1-13-21-18-10-9-16(12-19(18)24-13)22-20(23)11-15-7-4-6-14-5-2-3-8-17(14)15/h2-10,12H,11H2,1H3,(H,22,23). The molecule has 0 aliphatic heterocycles. The van der Waals surface area contributed by atoms with Crippen LogP contribution in [0.5, 0.6) is 0 Å². The Labute approximate surface area is 144 Å². The molecule has 0 saturated carbocycles. The van der Waals surface area contributed by atoms with E-state index in [2.05, 4.69) is 28.5 Å². The van der Waals surface area contributed by atoms with Crippen molar-refractivity contribution in [2.75, 3.05) is 5.32 Å². The maximum Gasteiger partial charge on any atom is 0.228 e. The van der Waals surface area contributed by atoms with E-state index in [1.807, 2.05) is 49.4 Å². The Bertz CT molecular complexity index is 1050. The fourth-order valence-corrected chi connectivity index (χ4v) is 3.81. The molecular weight excluding hydrogens is 316 g/mol. The average Bonchev–Trinajstić information content (AvgIpc) is 2.94. The number of thiazole rings is 1. The third-order valence-electron chi connectivity index (χ3n) is 4.01. The minimum Gasteiger partial charge on any atom is -0.326 e. The summed E-state index contributed by atoms with van der Waals surface area (Å²) in [5.74, 6) is -0.00746. The highest BCUT2D eigenvalue weighted by molar-refractivity contribution is 7.18. The number of anilines is 1. The first kappa shape index (κ1) is 14.8. The van der Waals surface area contributed by atoms with Gasteiger partial charge in [-0.1, -0.05) is 42.5 Å². The highest BCUT2D eigenvalue weighted by Gasteiger charge is 2.08. The molecule has 1 heterocycles. The predicted octanol–water partition coefficient (Wildman–Crippen LogP) is 4.94. The first-order valence-electron chi connectivity index (χ1n) is 7.83. The van der Waals surface area contributed by atoms with E-state index >= 15 is 0 Å². The Morgan fingerprint density at radius 1 is 1.08 bits per heavy atom. The van der Waals surface area contributed by atoms with Crippen LogP contribution in [0.15, 0.2) is 60.7 Å². The molecule has 4 aromatic rings. The topological polar surface area (TPSA) is 42.0 Å².